The number of hydrogen-bond acceptors (Lipinski definition) is 5. The van der Waals surface area contributed by atoms with Gasteiger partial charge in [-0.05, 0) is 36.5 Å². The second kappa shape index (κ2) is 9.25. The topological polar surface area (TPSA) is 48.0 Å². The first-order valence-electron chi connectivity index (χ1n) is 8.23. The molecule has 0 radical (unpaired) electrons. The fraction of sp³-hybridized carbons (Fsp3) is 0.611. The number of carbonyl (C=O) groups excluding carboxylic acids is 1. The Morgan fingerprint density at radius 2 is 1.92 bits per heavy atom. The third kappa shape index (κ3) is 5.10. The quantitative estimate of drug-likeness (QED) is 0.555. The minimum Gasteiger partial charge on any atom is -0.469 e. The molecule has 1 fully saturated rings. The van der Waals surface area contributed by atoms with Crippen LogP contribution < -0.4 is 4.90 Å². The molecule has 1 aliphatic heterocycles. The van der Waals surface area contributed by atoms with Gasteiger partial charge in [0.1, 0.15) is 0 Å². The van der Waals surface area contributed by atoms with Crippen LogP contribution in [0.1, 0.15) is 24.8 Å². The van der Waals surface area contributed by atoms with Crippen molar-refractivity contribution in [1.29, 1.82) is 0 Å². The summed E-state index contributed by atoms with van der Waals surface area (Å²) >= 11 is 6.42. The summed E-state index contributed by atoms with van der Waals surface area (Å²) in [7, 11) is 4.75. The molecule has 0 amide bonds. The number of anilines is 1. The molecular formula is C18H26ClNO4. The Labute approximate surface area is 148 Å². The first kappa shape index (κ1) is 19.0. The van der Waals surface area contributed by atoms with Gasteiger partial charge in [-0.15, -0.1) is 0 Å². The molecule has 1 saturated heterocycles. The van der Waals surface area contributed by atoms with E-state index in [1.807, 2.05) is 18.2 Å². The lowest BCUT2D eigenvalue weighted by molar-refractivity contribution is -0.139. The molecule has 0 N–H and O–H groups in total. The molecule has 5 nitrogen and oxygen atoms in total. The Balaban J connectivity index is 1.93. The summed E-state index contributed by atoms with van der Waals surface area (Å²) in [4.78, 5) is 13.7. The number of piperidine rings is 1. The summed E-state index contributed by atoms with van der Waals surface area (Å²) in [6.07, 6.45) is 3.22. The zero-order valence-corrected chi connectivity index (χ0v) is 15.3. The van der Waals surface area contributed by atoms with Crippen LogP contribution in [-0.4, -0.2) is 46.7 Å². The fourth-order valence-electron chi connectivity index (χ4n) is 3.13. The molecule has 2 rings (SSSR count). The molecule has 0 bridgehead atoms. The molecule has 24 heavy (non-hydrogen) atoms. The van der Waals surface area contributed by atoms with Gasteiger partial charge in [0.25, 0.3) is 0 Å². The summed E-state index contributed by atoms with van der Waals surface area (Å²) < 4.78 is 15.3. The average Bonchev–Trinajstić information content (AvgIpc) is 2.60. The smallest absolute Gasteiger partial charge is 0.309 e. The largest absolute Gasteiger partial charge is 0.469 e. The monoisotopic (exact) mass is 355 g/mol. The van der Waals surface area contributed by atoms with E-state index in [0.29, 0.717) is 10.9 Å². The number of benzene rings is 1. The number of carbonyl (C=O) groups is 1. The molecule has 6 heteroatoms. The average molecular weight is 356 g/mol. The fourth-order valence-corrected chi connectivity index (χ4v) is 3.45. The maximum Gasteiger partial charge on any atom is 0.309 e. The molecule has 1 aromatic rings. The van der Waals surface area contributed by atoms with Crippen LogP contribution in [0.15, 0.2) is 18.2 Å². The first-order valence-corrected chi connectivity index (χ1v) is 8.61. The Morgan fingerprint density at radius 3 is 2.46 bits per heavy atom. The minimum atomic E-state index is -0.259. The van der Waals surface area contributed by atoms with Crippen molar-refractivity contribution in [2.24, 2.45) is 5.92 Å². The summed E-state index contributed by atoms with van der Waals surface area (Å²) in [5.74, 6) is 0.342. The molecule has 0 spiro atoms. The lowest BCUT2D eigenvalue weighted by atomic mass is 9.93. The van der Waals surface area contributed by atoms with Crippen molar-refractivity contribution < 1.29 is 19.0 Å². The van der Waals surface area contributed by atoms with E-state index in [9.17, 15) is 4.79 Å². The number of ether oxygens (including phenoxy) is 3. The number of nitrogens with zero attached hydrogens (tertiary/aromatic N) is 1. The molecular weight excluding hydrogens is 330 g/mol. The van der Waals surface area contributed by atoms with Gasteiger partial charge in [-0.3, -0.25) is 4.79 Å². The number of esters is 1. The molecule has 0 unspecified atom stereocenters. The lowest BCUT2D eigenvalue weighted by Gasteiger charge is -2.35. The first-order chi connectivity index (χ1) is 11.6. The van der Waals surface area contributed by atoms with Gasteiger partial charge >= 0.3 is 5.97 Å². The summed E-state index contributed by atoms with van der Waals surface area (Å²) in [5.41, 5.74) is 1.90. The highest BCUT2D eigenvalue weighted by Gasteiger charge is 2.23. The van der Waals surface area contributed by atoms with Crippen molar-refractivity contribution in [3.63, 3.8) is 0 Å². The van der Waals surface area contributed by atoms with E-state index in [1.54, 1.807) is 14.2 Å². The molecule has 1 aromatic carbocycles. The SMILES string of the molecule is COC(=O)Cc1ccc(N2CCC(CC(OC)OC)CC2)c(Cl)c1. The van der Waals surface area contributed by atoms with Gasteiger partial charge in [0.15, 0.2) is 6.29 Å². The van der Waals surface area contributed by atoms with Crippen LogP contribution >= 0.6 is 11.6 Å². The van der Waals surface area contributed by atoms with E-state index in [0.717, 1.165) is 43.6 Å². The van der Waals surface area contributed by atoms with Crippen LogP contribution in [0, 0.1) is 5.92 Å². The summed E-state index contributed by atoms with van der Waals surface area (Å²) in [6.45, 7) is 1.92. The zero-order valence-electron chi connectivity index (χ0n) is 14.6. The van der Waals surface area contributed by atoms with Crippen molar-refractivity contribution in [1.82, 2.24) is 0 Å². The zero-order chi connectivity index (χ0) is 17.5. The van der Waals surface area contributed by atoms with Crippen LogP contribution in [-0.2, 0) is 25.4 Å². The van der Waals surface area contributed by atoms with Crippen LogP contribution in [0.25, 0.3) is 0 Å². The predicted molar refractivity (Wildman–Crippen MR) is 94.5 cm³/mol. The van der Waals surface area contributed by atoms with Gasteiger partial charge in [0, 0.05) is 33.7 Å². The third-order valence-electron chi connectivity index (χ3n) is 4.60. The van der Waals surface area contributed by atoms with E-state index >= 15 is 0 Å². The number of halogens is 1. The van der Waals surface area contributed by atoms with E-state index < -0.39 is 0 Å². The van der Waals surface area contributed by atoms with Crippen LogP contribution in [0.2, 0.25) is 5.02 Å². The van der Waals surface area contributed by atoms with E-state index in [4.69, 9.17) is 21.1 Å². The second-order valence-electron chi connectivity index (χ2n) is 6.11. The highest BCUT2D eigenvalue weighted by Crippen LogP contribution is 2.32. The Bertz CT molecular complexity index is 540. The highest BCUT2D eigenvalue weighted by atomic mass is 35.5. The van der Waals surface area contributed by atoms with E-state index in [1.165, 1.54) is 7.11 Å². The Morgan fingerprint density at radius 1 is 1.25 bits per heavy atom. The van der Waals surface area contributed by atoms with Gasteiger partial charge in [0.05, 0.1) is 24.2 Å². The molecule has 0 atom stereocenters. The number of hydrogen-bond donors (Lipinski definition) is 0. The molecule has 0 aliphatic carbocycles. The van der Waals surface area contributed by atoms with Gasteiger partial charge in [0.2, 0.25) is 0 Å². The molecule has 134 valence electrons. The third-order valence-corrected chi connectivity index (χ3v) is 4.90. The van der Waals surface area contributed by atoms with Crippen molar-refractivity contribution in [2.75, 3.05) is 39.3 Å². The van der Waals surface area contributed by atoms with Crippen LogP contribution in [0.3, 0.4) is 0 Å². The van der Waals surface area contributed by atoms with Crippen LogP contribution in [0.5, 0.6) is 0 Å². The summed E-state index contributed by atoms with van der Waals surface area (Å²) in [6, 6.07) is 5.79. The normalized spacial score (nSPS) is 15.8. The summed E-state index contributed by atoms with van der Waals surface area (Å²) in [5, 5.41) is 0.682. The molecule has 1 heterocycles. The Kier molecular flexibility index (Phi) is 7.34. The van der Waals surface area contributed by atoms with Crippen molar-refractivity contribution in [2.45, 2.75) is 32.0 Å². The standard InChI is InChI=1S/C18H26ClNO4/c1-22-17(21)11-14-4-5-16(15(19)10-14)20-8-6-13(7-9-20)12-18(23-2)24-3/h4-5,10,13,18H,6-9,11-12H2,1-3H3. The number of rotatable bonds is 7. The highest BCUT2D eigenvalue weighted by molar-refractivity contribution is 6.33. The van der Waals surface area contributed by atoms with Gasteiger partial charge in [-0.1, -0.05) is 17.7 Å². The number of methoxy groups -OCH3 is 3. The van der Waals surface area contributed by atoms with Gasteiger partial charge in [-0.2, -0.15) is 0 Å². The van der Waals surface area contributed by atoms with Gasteiger partial charge in [-0.25, -0.2) is 0 Å². The maximum atomic E-state index is 11.4. The van der Waals surface area contributed by atoms with Crippen molar-refractivity contribution in [3.05, 3.63) is 28.8 Å². The second-order valence-corrected chi connectivity index (χ2v) is 6.51. The van der Waals surface area contributed by atoms with E-state index in [-0.39, 0.29) is 18.7 Å². The van der Waals surface area contributed by atoms with Crippen LogP contribution in [0.4, 0.5) is 5.69 Å². The van der Waals surface area contributed by atoms with E-state index in [2.05, 4.69) is 9.64 Å². The van der Waals surface area contributed by atoms with Crippen molar-refractivity contribution in [3.8, 4) is 0 Å². The van der Waals surface area contributed by atoms with Crippen molar-refractivity contribution >= 4 is 23.3 Å². The molecule has 0 saturated carbocycles. The lowest BCUT2D eigenvalue weighted by Crippen LogP contribution is -2.35. The minimum absolute atomic E-state index is 0.122. The predicted octanol–water partition coefficient (Wildman–Crippen LogP) is 3.28. The molecule has 0 aromatic heterocycles. The Hall–Kier alpha value is -1.30. The maximum absolute atomic E-state index is 11.4. The molecule has 1 aliphatic rings. The van der Waals surface area contributed by atoms with Gasteiger partial charge < -0.3 is 19.1 Å².